The van der Waals surface area contributed by atoms with Crippen molar-refractivity contribution in [1.82, 2.24) is 4.98 Å². The number of hydrogen-bond acceptors (Lipinski definition) is 3. The Morgan fingerprint density at radius 3 is 2.90 bits per heavy atom. The van der Waals surface area contributed by atoms with E-state index < -0.39 is 0 Å². The van der Waals surface area contributed by atoms with E-state index in [1.54, 1.807) is 18.3 Å². The molecule has 0 aromatic carbocycles. The summed E-state index contributed by atoms with van der Waals surface area (Å²) >= 11 is 4.79. The van der Waals surface area contributed by atoms with Crippen molar-refractivity contribution in [2.24, 2.45) is 5.16 Å². The number of pyridine rings is 1. The Bertz CT molecular complexity index is 272. The fourth-order valence-corrected chi connectivity index (χ4v) is 0.697. The summed E-state index contributed by atoms with van der Waals surface area (Å²) in [5.41, 5.74) is 0.788. The molecule has 2 N–H and O–H groups in total. The van der Waals surface area contributed by atoms with Gasteiger partial charge in [0.25, 0.3) is 0 Å². The zero-order valence-electron chi connectivity index (χ0n) is 5.11. The van der Waals surface area contributed by atoms with Crippen molar-refractivity contribution in [1.29, 1.82) is 0 Å². The van der Waals surface area contributed by atoms with E-state index in [0.29, 0.717) is 4.64 Å². The maximum atomic E-state index is 8.12. The lowest BCUT2D eigenvalue weighted by atomic mass is 10.3. The predicted octanol–water partition coefficient (Wildman–Crippen LogP) is 1.55. The highest BCUT2D eigenvalue weighted by Crippen LogP contribution is 1.91. The molecule has 0 unspecified atom stereocenters. The van der Waals surface area contributed by atoms with Gasteiger partial charge in [0.15, 0.2) is 0 Å². The Labute approximate surface area is 63.0 Å². The van der Waals surface area contributed by atoms with E-state index in [0.717, 1.165) is 5.56 Å². The molecule has 3 nitrogen and oxygen atoms in total. The van der Waals surface area contributed by atoms with Gasteiger partial charge < -0.3 is 10.2 Å². The maximum absolute atomic E-state index is 8.12. The highest BCUT2D eigenvalue weighted by Gasteiger charge is 1.82. The average Bonchev–Trinajstić information content (AvgIpc) is 1.95. The van der Waals surface area contributed by atoms with Crippen molar-refractivity contribution < 1.29 is 5.21 Å². The molecule has 1 rings (SSSR count). The minimum atomic E-state index is 0.662. The first-order valence-electron chi connectivity index (χ1n) is 2.69. The number of nitrogens with one attached hydrogen (secondary N) is 1. The van der Waals surface area contributed by atoms with E-state index in [4.69, 9.17) is 17.4 Å². The van der Waals surface area contributed by atoms with Crippen LogP contribution in [0.4, 0.5) is 0 Å². The van der Waals surface area contributed by atoms with E-state index in [-0.39, 0.29) is 0 Å². The first-order chi connectivity index (χ1) is 4.83. The van der Waals surface area contributed by atoms with Crippen molar-refractivity contribution >= 4 is 18.4 Å². The molecule has 0 amide bonds. The van der Waals surface area contributed by atoms with Gasteiger partial charge in [-0.2, -0.15) is 0 Å². The molecular weight excluding hydrogens is 148 g/mol. The Morgan fingerprint density at radius 2 is 2.40 bits per heavy atom. The zero-order chi connectivity index (χ0) is 7.40. The molecule has 52 valence electrons. The molecule has 0 radical (unpaired) electrons. The van der Waals surface area contributed by atoms with Crippen LogP contribution in [0.25, 0.3) is 0 Å². The predicted molar refractivity (Wildman–Crippen MR) is 41.0 cm³/mol. The molecule has 10 heavy (non-hydrogen) atoms. The Morgan fingerprint density at radius 1 is 1.60 bits per heavy atom. The number of hydrogen-bond donors (Lipinski definition) is 2. The van der Waals surface area contributed by atoms with Crippen LogP contribution in [0.3, 0.4) is 0 Å². The molecule has 0 saturated heterocycles. The second-order valence-corrected chi connectivity index (χ2v) is 2.17. The second-order valence-electron chi connectivity index (χ2n) is 1.73. The van der Waals surface area contributed by atoms with Gasteiger partial charge in [0, 0.05) is 11.8 Å². The highest BCUT2D eigenvalue weighted by molar-refractivity contribution is 7.71. The van der Waals surface area contributed by atoms with E-state index in [9.17, 15) is 0 Å². The molecule has 0 bridgehead atoms. The van der Waals surface area contributed by atoms with Crippen molar-refractivity contribution in [2.45, 2.75) is 0 Å². The van der Waals surface area contributed by atoms with Gasteiger partial charge in [0.2, 0.25) is 0 Å². The van der Waals surface area contributed by atoms with Gasteiger partial charge in [-0.25, -0.2) is 0 Å². The summed E-state index contributed by atoms with van der Waals surface area (Å²) in [6, 6.07) is 3.49. The van der Waals surface area contributed by atoms with Gasteiger partial charge in [0.05, 0.1) is 6.21 Å². The van der Waals surface area contributed by atoms with Gasteiger partial charge in [-0.15, -0.1) is 0 Å². The number of H-pyrrole nitrogens is 1. The van der Waals surface area contributed by atoms with E-state index >= 15 is 0 Å². The smallest absolute Gasteiger partial charge is 0.103 e. The molecule has 4 heteroatoms. The topological polar surface area (TPSA) is 48.4 Å². The SMILES string of the molecule is O/N=C\c1ccc(=S)[nH]c1. The van der Waals surface area contributed by atoms with Crippen molar-refractivity contribution in [3.8, 4) is 0 Å². The first-order valence-corrected chi connectivity index (χ1v) is 3.10. The summed E-state index contributed by atoms with van der Waals surface area (Å²) < 4.78 is 0.662. The lowest BCUT2D eigenvalue weighted by Crippen LogP contribution is -1.81. The molecule has 0 fully saturated rings. The van der Waals surface area contributed by atoms with Crippen LogP contribution < -0.4 is 0 Å². The van der Waals surface area contributed by atoms with Crippen LogP contribution in [-0.2, 0) is 0 Å². The van der Waals surface area contributed by atoms with Gasteiger partial charge in [-0.1, -0.05) is 17.4 Å². The van der Waals surface area contributed by atoms with Gasteiger partial charge in [0.1, 0.15) is 4.64 Å². The molecule has 0 saturated carbocycles. The summed E-state index contributed by atoms with van der Waals surface area (Å²) in [5.74, 6) is 0. The molecule has 1 heterocycles. The van der Waals surface area contributed by atoms with Crippen molar-refractivity contribution in [3.63, 3.8) is 0 Å². The number of aromatic amines is 1. The average molecular weight is 154 g/mol. The minimum Gasteiger partial charge on any atom is -0.411 e. The molecular formula is C6H6N2OS. The molecule has 0 atom stereocenters. The van der Waals surface area contributed by atoms with Crippen molar-refractivity contribution in [3.05, 3.63) is 28.5 Å². The largest absolute Gasteiger partial charge is 0.411 e. The monoisotopic (exact) mass is 154 g/mol. The second kappa shape index (κ2) is 3.12. The van der Waals surface area contributed by atoms with Crippen LogP contribution in [-0.4, -0.2) is 16.4 Å². The van der Waals surface area contributed by atoms with Crippen LogP contribution in [0, 0.1) is 4.64 Å². The zero-order valence-corrected chi connectivity index (χ0v) is 5.93. The van der Waals surface area contributed by atoms with Crippen LogP contribution in [0.5, 0.6) is 0 Å². The Kier molecular flexibility index (Phi) is 2.17. The normalized spacial score (nSPS) is 10.4. The van der Waals surface area contributed by atoms with Crippen LogP contribution in [0.15, 0.2) is 23.5 Å². The fraction of sp³-hybridized carbons (Fsp3) is 0. The Hall–Kier alpha value is -1.16. The third kappa shape index (κ3) is 1.66. The molecule has 1 aromatic heterocycles. The molecule has 0 aliphatic rings. The van der Waals surface area contributed by atoms with Crippen molar-refractivity contribution in [2.75, 3.05) is 0 Å². The molecule has 1 aromatic rings. The standard InChI is InChI=1S/C6H6N2OS/c9-8-4-5-1-2-6(10)7-3-5/h1-4,9H,(H,7,10)/b8-4-. The van der Waals surface area contributed by atoms with Gasteiger partial charge in [-0.05, 0) is 12.1 Å². The van der Waals surface area contributed by atoms with E-state index in [1.165, 1.54) is 6.21 Å². The minimum absolute atomic E-state index is 0.662. The number of nitrogens with zero attached hydrogens (tertiary/aromatic N) is 1. The molecule has 0 aliphatic heterocycles. The van der Waals surface area contributed by atoms with E-state index in [2.05, 4.69) is 10.1 Å². The summed E-state index contributed by atoms with van der Waals surface area (Å²) in [6.45, 7) is 0. The first kappa shape index (κ1) is 6.95. The molecule has 0 aliphatic carbocycles. The van der Waals surface area contributed by atoms with Gasteiger partial charge in [-0.3, -0.25) is 0 Å². The summed E-state index contributed by atoms with van der Waals surface area (Å²) in [6.07, 6.45) is 2.99. The number of aromatic nitrogens is 1. The quantitative estimate of drug-likeness (QED) is 0.279. The number of oxime groups is 1. The molecule has 0 spiro atoms. The lowest BCUT2D eigenvalue weighted by molar-refractivity contribution is 0.322. The summed E-state index contributed by atoms with van der Waals surface area (Å²) in [5, 5.41) is 11.0. The van der Waals surface area contributed by atoms with Crippen LogP contribution >= 0.6 is 12.2 Å². The Balaban J connectivity index is 3.00. The van der Waals surface area contributed by atoms with Gasteiger partial charge >= 0.3 is 0 Å². The van der Waals surface area contributed by atoms with Crippen LogP contribution in [0.1, 0.15) is 5.56 Å². The fourth-order valence-electron chi connectivity index (χ4n) is 0.570. The highest BCUT2D eigenvalue weighted by atomic mass is 32.1. The third-order valence-corrected chi connectivity index (χ3v) is 1.27. The summed E-state index contributed by atoms with van der Waals surface area (Å²) in [7, 11) is 0. The number of rotatable bonds is 1. The third-order valence-electron chi connectivity index (χ3n) is 1.02. The van der Waals surface area contributed by atoms with Crippen LogP contribution in [0.2, 0.25) is 0 Å². The lowest BCUT2D eigenvalue weighted by Gasteiger charge is -1.87. The van der Waals surface area contributed by atoms with E-state index in [1.807, 2.05) is 0 Å². The summed E-state index contributed by atoms with van der Waals surface area (Å²) in [4.78, 5) is 2.80. The maximum Gasteiger partial charge on any atom is 0.103 e.